The lowest BCUT2D eigenvalue weighted by atomic mass is 9.90. The quantitative estimate of drug-likeness (QED) is 0.119. The lowest BCUT2D eigenvalue weighted by Crippen LogP contribution is -2.43. The van der Waals surface area contributed by atoms with Crippen LogP contribution in [0, 0.1) is 22.9 Å². The van der Waals surface area contributed by atoms with Crippen LogP contribution in [0.1, 0.15) is 94.2 Å². The van der Waals surface area contributed by atoms with E-state index in [1.165, 1.54) is 43.4 Å². The second-order valence-corrected chi connectivity index (χ2v) is 25.5. The molecule has 0 aliphatic carbocycles. The van der Waals surface area contributed by atoms with Crippen molar-refractivity contribution in [3.63, 3.8) is 0 Å². The van der Waals surface area contributed by atoms with Gasteiger partial charge < -0.3 is 0 Å². The zero-order valence-electron chi connectivity index (χ0n) is 28.2. The molecule has 0 aliphatic rings. The third-order valence-corrected chi connectivity index (χ3v) is 23.0. The predicted molar refractivity (Wildman–Crippen MR) is 195 cm³/mol. The Balaban J connectivity index is 2.20. The summed E-state index contributed by atoms with van der Waals surface area (Å²) in [5.74, 6) is 7.81. The lowest BCUT2D eigenvalue weighted by Gasteiger charge is -2.38. The molecule has 42 heavy (non-hydrogen) atoms. The summed E-state index contributed by atoms with van der Waals surface area (Å²) in [5, 5.41) is 7.49. The normalized spacial score (nSPS) is 12.7. The van der Waals surface area contributed by atoms with Gasteiger partial charge in [-0.25, -0.2) is 0 Å². The topological polar surface area (TPSA) is 0 Å². The molecule has 0 N–H and O–H groups in total. The summed E-state index contributed by atoms with van der Waals surface area (Å²) in [6, 6.07) is 22.4. The average Bonchev–Trinajstić information content (AvgIpc) is 2.92. The van der Waals surface area contributed by atoms with Crippen LogP contribution in [-0.4, -0.2) is 16.1 Å². The van der Waals surface area contributed by atoms with Crippen LogP contribution in [0.25, 0.3) is 32.3 Å². The van der Waals surface area contributed by atoms with Crippen LogP contribution in [0.5, 0.6) is 0 Å². The monoisotopic (exact) mass is 588 g/mol. The summed E-state index contributed by atoms with van der Waals surface area (Å²) < 4.78 is 0. The summed E-state index contributed by atoms with van der Waals surface area (Å²) >= 11 is 0. The molecule has 0 fully saturated rings. The molecular formula is C40H52Si2. The highest BCUT2D eigenvalue weighted by Gasteiger charge is 2.42. The minimum absolute atomic E-state index is 0.592. The van der Waals surface area contributed by atoms with E-state index in [2.05, 4.69) is 167 Å². The first-order chi connectivity index (χ1) is 19.8. The highest BCUT2D eigenvalue weighted by molar-refractivity contribution is 6.91. The van der Waals surface area contributed by atoms with Crippen LogP contribution in [0.2, 0.25) is 33.2 Å². The standard InChI is InChI=1S/C40H52Si2/c1-27(2)41(28(3)4,29(5)6)23-21-37-35-19-15-16-20-36(35)38(22-24-42(30(7)8,31(9)10)32(11)12)40-26-34-18-14-13-17-33(34)25-39(37)40/h13-20,25-32H,1-12H3. The second-order valence-electron chi connectivity index (χ2n) is 14.3. The van der Waals surface area contributed by atoms with E-state index in [4.69, 9.17) is 0 Å². The van der Waals surface area contributed by atoms with Crippen molar-refractivity contribution in [2.45, 2.75) is 116 Å². The fraction of sp³-hybridized carbons (Fsp3) is 0.450. The average molecular weight is 589 g/mol. The SMILES string of the molecule is CC(C)[Si](C#Cc1c2ccccc2c(C#C[Si](C(C)C)(C(C)C)C(C)C)c2cc3ccccc3cc12)(C(C)C)C(C)C. The summed E-state index contributed by atoms with van der Waals surface area (Å²) in [7, 11) is -3.83. The Hall–Kier alpha value is -2.79. The molecule has 0 spiro atoms. The minimum Gasteiger partial charge on any atom is -0.125 e. The van der Waals surface area contributed by atoms with Crippen LogP contribution in [0.3, 0.4) is 0 Å². The molecular weight excluding hydrogens is 537 g/mol. The van der Waals surface area contributed by atoms with Crippen molar-refractivity contribution in [3.8, 4) is 22.9 Å². The maximum Gasteiger partial charge on any atom is 0.146 e. The Bertz CT molecular complexity index is 1540. The molecule has 0 radical (unpaired) electrons. The third-order valence-electron chi connectivity index (χ3n) is 10.4. The number of rotatable bonds is 6. The van der Waals surface area contributed by atoms with Gasteiger partial charge in [-0.3, -0.25) is 0 Å². The number of hydrogen-bond acceptors (Lipinski definition) is 0. The molecule has 0 heterocycles. The first-order valence-electron chi connectivity index (χ1n) is 16.2. The van der Waals surface area contributed by atoms with Crippen LogP contribution in [-0.2, 0) is 0 Å². The Kier molecular flexibility index (Phi) is 9.52. The molecule has 0 saturated heterocycles. The number of benzene rings is 4. The Morgan fingerprint density at radius 1 is 0.405 bits per heavy atom. The van der Waals surface area contributed by atoms with Crippen molar-refractivity contribution in [3.05, 3.63) is 71.8 Å². The van der Waals surface area contributed by atoms with Gasteiger partial charge in [0.1, 0.15) is 16.1 Å². The lowest BCUT2D eigenvalue weighted by molar-refractivity contribution is 0.838. The van der Waals surface area contributed by atoms with E-state index in [1.54, 1.807) is 0 Å². The number of fused-ring (bicyclic) bond motifs is 3. The molecule has 0 atom stereocenters. The third kappa shape index (κ3) is 5.38. The van der Waals surface area contributed by atoms with E-state index in [0.717, 1.165) is 0 Å². The van der Waals surface area contributed by atoms with Gasteiger partial charge in [0.25, 0.3) is 0 Å². The zero-order valence-corrected chi connectivity index (χ0v) is 30.2. The molecule has 0 aliphatic heterocycles. The maximum absolute atomic E-state index is 4.06. The van der Waals surface area contributed by atoms with Gasteiger partial charge in [-0.2, -0.15) is 0 Å². The zero-order chi connectivity index (χ0) is 31.0. The Morgan fingerprint density at radius 3 is 0.976 bits per heavy atom. The molecule has 220 valence electrons. The van der Waals surface area contributed by atoms with E-state index >= 15 is 0 Å². The Labute approximate surface area is 258 Å². The molecule has 4 aromatic rings. The van der Waals surface area contributed by atoms with Crippen molar-refractivity contribution in [2.75, 3.05) is 0 Å². The van der Waals surface area contributed by atoms with E-state index in [0.29, 0.717) is 33.2 Å². The molecule has 0 saturated carbocycles. The summed E-state index contributed by atoms with van der Waals surface area (Å²) in [5.41, 5.74) is 14.0. The second kappa shape index (κ2) is 12.4. The van der Waals surface area contributed by atoms with Crippen molar-refractivity contribution in [1.82, 2.24) is 0 Å². The fourth-order valence-electron chi connectivity index (χ4n) is 8.34. The number of hydrogen-bond donors (Lipinski definition) is 0. The summed E-state index contributed by atoms with van der Waals surface area (Å²) in [6.45, 7) is 28.8. The van der Waals surface area contributed by atoms with Gasteiger partial charge in [-0.1, -0.05) is 143 Å². The summed E-state index contributed by atoms with van der Waals surface area (Å²) in [4.78, 5) is 0. The largest absolute Gasteiger partial charge is 0.146 e. The maximum atomic E-state index is 4.06. The highest BCUT2D eigenvalue weighted by atomic mass is 28.3. The summed E-state index contributed by atoms with van der Waals surface area (Å²) in [6.07, 6.45) is 0. The van der Waals surface area contributed by atoms with Crippen LogP contribution < -0.4 is 0 Å². The molecule has 0 bridgehead atoms. The highest BCUT2D eigenvalue weighted by Crippen LogP contribution is 2.43. The van der Waals surface area contributed by atoms with Gasteiger partial charge >= 0.3 is 0 Å². The van der Waals surface area contributed by atoms with E-state index in [9.17, 15) is 0 Å². The van der Waals surface area contributed by atoms with Gasteiger partial charge in [0.15, 0.2) is 0 Å². The smallest absolute Gasteiger partial charge is 0.125 e. The van der Waals surface area contributed by atoms with Crippen molar-refractivity contribution in [1.29, 1.82) is 0 Å². The van der Waals surface area contributed by atoms with Crippen molar-refractivity contribution in [2.24, 2.45) is 0 Å². The van der Waals surface area contributed by atoms with Gasteiger partial charge in [0.05, 0.1) is 0 Å². The van der Waals surface area contributed by atoms with Crippen molar-refractivity contribution < 1.29 is 0 Å². The van der Waals surface area contributed by atoms with E-state index < -0.39 is 16.1 Å². The van der Waals surface area contributed by atoms with Gasteiger partial charge in [0, 0.05) is 11.1 Å². The molecule has 2 heteroatoms. The predicted octanol–water partition coefficient (Wildman–Crippen LogP) is 12.3. The first-order valence-corrected chi connectivity index (χ1v) is 20.7. The van der Waals surface area contributed by atoms with E-state index in [-0.39, 0.29) is 0 Å². The van der Waals surface area contributed by atoms with Crippen LogP contribution in [0.15, 0.2) is 60.7 Å². The van der Waals surface area contributed by atoms with Gasteiger partial charge in [-0.05, 0) is 77.7 Å². The first kappa shape index (κ1) is 32.1. The molecule has 4 aromatic carbocycles. The molecule has 0 nitrogen and oxygen atoms in total. The van der Waals surface area contributed by atoms with Gasteiger partial charge in [-0.15, -0.1) is 11.1 Å². The molecule has 0 amide bonds. The molecule has 4 rings (SSSR count). The van der Waals surface area contributed by atoms with Crippen molar-refractivity contribution >= 4 is 48.5 Å². The fourth-order valence-corrected chi connectivity index (χ4v) is 18.8. The van der Waals surface area contributed by atoms with E-state index in [1.807, 2.05) is 0 Å². The molecule has 0 unspecified atom stereocenters. The van der Waals surface area contributed by atoms with Crippen LogP contribution >= 0.6 is 0 Å². The minimum atomic E-state index is -1.91. The van der Waals surface area contributed by atoms with Gasteiger partial charge in [0.2, 0.25) is 0 Å². The van der Waals surface area contributed by atoms with Crippen LogP contribution in [0.4, 0.5) is 0 Å². The Morgan fingerprint density at radius 2 is 0.690 bits per heavy atom. The molecule has 0 aromatic heterocycles.